The van der Waals surface area contributed by atoms with E-state index in [1.54, 1.807) is 0 Å². The van der Waals surface area contributed by atoms with Crippen molar-refractivity contribution in [2.24, 2.45) is 0 Å². The van der Waals surface area contributed by atoms with Gasteiger partial charge in [0.2, 0.25) is 0 Å². The van der Waals surface area contributed by atoms with Crippen LogP contribution < -0.4 is 0 Å². The van der Waals surface area contributed by atoms with E-state index in [0.29, 0.717) is 0 Å². The van der Waals surface area contributed by atoms with Crippen molar-refractivity contribution in [3.8, 4) is 11.5 Å². The van der Waals surface area contributed by atoms with Crippen LogP contribution in [-0.2, 0) is 14.9 Å². The van der Waals surface area contributed by atoms with Gasteiger partial charge < -0.3 is 10.2 Å². The molecular weight excluding hydrogens is 482 g/mol. The fourth-order valence-electron chi connectivity index (χ4n) is 3.21. The average Bonchev–Trinajstić information content (AvgIpc) is 2.60. The van der Waals surface area contributed by atoms with E-state index in [9.17, 15) is 23.2 Å². The van der Waals surface area contributed by atoms with Gasteiger partial charge in [0.15, 0.2) is 4.75 Å². The Kier molecular flexibility index (Phi) is 5.98. The molecule has 29 heavy (non-hydrogen) atoms. The van der Waals surface area contributed by atoms with Gasteiger partial charge in [-0.05, 0) is 35.9 Å². The van der Waals surface area contributed by atoms with Gasteiger partial charge >= 0.3 is 0 Å². The van der Waals surface area contributed by atoms with Gasteiger partial charge in [0.25, 0.3) is 10.1 Å². The van der Waals surface area contributed by atoms with E-state index in [1.165, 1.54) is 42.5 Å². The summed E-state index contributed by atoms with van der Waals surface area (Å²) in [5, 5.41) is 19.9. The summed E-state index contributed by atoms with van der Waals surface area (Å²) in [5.41, 5.74) is -0.463. The molecule has 0 amide bonds. The average molecular weight is 494 g/mol. The third-order valence-corrected chi connectivity index (χ3v) is 6.96. The van der Waals surface area contributed by atoms with Crippen molar-refractivity contribution in [1.29, 1.82) is 0 Å². The Labute approximate surface area is 186 Å². The quantitative estimate of drug-likeness (QED) is 0.311. The molecule has 10 heteroatoms. The van der Waals surface area contributed by atoms with Crippen LogP contribution in [0, 0.1) is 0 Å². The molecule has 1 atom stereocenters. The second kappa shape index (κ2) is 7.87. The van der Waals surface area contributed by atoms with E-state index in [4.69, 9.17) is 46.4 Å². The summed E-state index contributed by atoms with van der Waals surface area (Å²) in [6, 6.07) is 11.5. The van der Waals surface area contributed by atoms with Crippen molar-refractivity contribution in [3.05, 3.63) is 91.4 Å². The molecule has 3 rings (SSSR count). The van der Waals surface area contributed by atoms with E-state index in [0.717, 1.165) is 12.1 Å². The van der Waals surface area contributed by atoms with Crippen molar-refractivity contribution in [2.75, 3.05) is 0 Å². The van der Waals surface area contributed by atoms with Gasteiger partial charge in [-0.3, -0.25) is 4.55 Å². The van der Waals surface area contributed by atoms with Gasteiger partial charge in [0.1, 0.15) is 11.5 Å². The van der Waals surface area contributed by atoms with Gasteiger partial charge in [-0.15, -0.1) is 0 Å². The molecule has 3 aromatic carbocycles. The van der Waals surface area contributed by atoms with Crippen molar-refractivity contribution in [3.63, 3.8) is 0 Å². The summed E-state index contributed by atoms with van der Waals surface area (Å²) >= 11 is 24.6. The Morgan fingerprint density at radius 2 is 1.48 bits per heavy atom. The first kappa shape index (κ1) is 22.0. The first-order valence-electron chi connectivity index (χ1n) is 7.89. The molecule has 0 fully saturated rings. The standard InChI is InChI=1S/C19H12Cl4O5S/c20-11-4-5-14(16(22)8-11)19(29(26,27)28,10-2-1-3-13(24)6-10)15-7-12(21)9-17(25)18(15)23/h1-9,24-25H,(H,26,27,28). The van der Waals surface area contributed by atoms with Crippen molar-refractivity contribution >= 4 is 56.5 Å². The molecule has 0 spiro atoms. The lowest BCUT2D eigenvalue weighted by molar-refractivity contribution is 0.455. The Hall–Kier alpha value is -1.67. The van der Waals surface area contributed by atoms with Gasteiger partial charge in [0.05, 0.1) is 5.02 Å². The Bertz CT molecular complexity index is 1210. The molecule has 1 unspecified atom stereocenters. The maximum absolute atomic E-state index is 13.0. The summed E-state index contributed by atoms with van der Waals surface area (Å²) in [7, 11) is -5.09. The lowest BCUT2D eigenvalue weighted by Crippen LogP contribution is -2.39. The highest BCUT2D eigenvalue weighted by Gasteiger charge is 2.51. The Balaban J connectivity index is 2.63. The van der Waals surface area contributed by atoms with Crippen molar-refractivity contribution in [1.82, 2.24) is 0 Å². The molecule has 0 aromatic heterocycles. The second-order valence-corrected chi connectivity index (χ2v) is 9.34. The second-order valence-electron chi connectivity index (χ2n) is 6.12. The zero-order valence-electron chi connectivity index (χ0n) is 14.3. The highest BCUT2D eigenvalue weighted by Crippen LogP contribution is 2.51. The molecule has 0 aliphatic rings. The van der Waals surface area contributed by atoms with E-state index in [2.05, 4.69) is 0 Å². The van der Waals surface area contributed by atoms with Crippen LogP contribution in [0.1, 0.15) is 16.7 Å². The topological polar surface area (TPSA) is 94.8 Å². The number of rotatable bonds is 4. The van der Waals surface area contributed by atoms with Crippen LogP contribution in [0.3, 0.4) is 0 Å². The predicted molar refractivity (Wildman–Crippen MR) is 114 cm³/mol. The normalized spacial score (nSPS) is 13.8. The minimum absolute atomic E-state index is 0.0415. The number of halogens is 4. The molecule has 5 nitrogen and oxygen atoms in total. The maximum atomic E-state index is 13.0. The van der Waals surface area contributed by atoms with Gasteiger partial charge in [-0.1, -0.05) is 64.6 Å². The third-order valence-electron chi connectivity index (χ3n) is 4.35. The third kappa shape index (κ3) is 3.77. The number of hydrogen-bond donors (Lipinski definition) is 3. The van der Waals surface area contributed by atoms with E-state index in [1.807, 2.05) is 0 Å². The van der Waals surface area contributed by atoms with Crippen LogP contribution in [0.25, 0.3) is 0 Å². The Morgan fingerprint density at radius 3 is 2.07 bits per heavy atom. The van der Waals surface area contributed by atoms with Gasteiger partial charge in [-0.2, -0.15) is 8.42 Å². The molecule has 0 radical (unpaired) electrons. The molecule has 0 aliphatic heterocycles. The molecule has 152 valence electrons. The number of phenols is 2. The first-order valence-corrected chi connectivity index (χ1v) is 10.8. The Morgan fingerprint density at radius 1 is 0.793 bits per heavy atom. The fourth-order valence-corrected chi connectivity index (χ4v) is 5.66. The van der Waals surface area contributed by atoms with Crippen molar-refractivity contribution < 1.29 is 23.2 Å². The monoisotopic (exact) mass is 492 g/mol. The number of phenolic OH excluding ortho intramolecular Hbond substituents is 2. The molecular formula is C19H12Cl4O5S. The van der Waals surface area contributed by atoms with E-state index in [-0.39, 0.29) is 42.5 Å². The number of aromatic hydroxyl groups is 2. The lowest BCUT2D eigenvalue weighted by atomic mass is 9.83. The van der Waals surface area contributed by atoms with E-state index < -0.39 is 20.6 Å². The molecule has 0 saturated heterocycles. The van der Waals surface area contributed by atoms with Crippen LogP contribution >= 0.6 is 46.4 Å². The molecule has 0 saturated carbocycles. The predicted octanol–water partition coefficient (Wildman–Crippen LogP) is 5.89. The zero-order valence-corrected chi connectivity index (χ0v) is 18.1. The summed E-state index contributed by atoms with van der Waals surface area (Å²) in [5.74, 6) is -0.782. The smallest absolute Gasteiger partial charge is 0.283 e. The minimum atomic E-state index is -5.09. The van der Waals surface area contributed by atoms with Crippen LogP contribution in [0.5, 0.6) is 11.5 Å². The SMILES string of the molecule is O=S(=O)(O)C(c1cccc(O)c1)(c1ccc(Cl)cc1Cl)c1cc(Cl)cc(O)c1Cl. The van der Waals surface area contributed by atoms with E-state index >= 15 is 0 Å². The van der Waals surface area contributed by atoms with Crippen molar-refractivity contribution in [2.45, 2.75) is 4.75 Å². The minimum Gasteiger partial charge on any atom is -0.508 e. The summed E-state index contributed by atoms with van der Waals surface area (Å²) in [4.78, 5) is 0. The first-order chi connectivity index (χ1) is 13.5. The molecule has 0 aliphatic carbocycles. The molecule has 3 aromatic rings. The molecule has 0 heterocycles. The number of benzene rings is 3. The maximum Gasteiger partial charge on any atom is 0.283 e. The van der Waals surface area contributed by atoms with Crippen LogP contribution in [0.15, 0.2) is 54.6 Å². The number of hydrogen-bond acceptors (Lipinski definition) is 4. The van der Waals surface area contributed by atoms with Gasteiger partial charge in [-0.25, -0.2) is 0 Å². The summed E-state index contributed by atoms with van der Waals surface area (Å²) in [6.07, 6.45) is 0. The van der Waals surface area contributed by atoms with Gasteiger partial charge in [0, 0.05) is 32.3 Å². The lowest BCUT2D eigenvalue weighted by Gasteiger charge is -2.34. The highest BCUT2D eigenvalue weighted by atomic mass is 35.5. The summed E-state index contributed by atoms with van der Waals surface area (Å²) < 4.78 is 34.0. The highest BCUT2D eigenvalue weighted by molar-refractivity contribution is 7.87. The molecule has 3 N–H and O–H groups in total. The fraction of sp³-hybridized carbons (Fsp3) is 0.0526. The van der Waals surface area contributed by atoms with Crippen LogP contribution in [0.4, 0.5) is 0 Å². The largest absolute Gasteiger partial charge is 0.508 e. The molecule has 0 bridgehead atoms. The van der Waals surface area contributed by atoms with Crippen LogP contribution in [0.2, 0.25) is 20.1 Å². The van der Waals surface area contributed by atoms with Crippen LogP contribution in [-0.4, -0.2) is 23.2 Å². The zero-order chi connectivity index (χ0) is 21.6. The summed E-state index contributed by atoms with van der Waals surface area (Å²) in [6.45, 7) is 0.